The van der Waals surface area contributed by atoms with E-state index in [1.165, 1.54) is 12.1 Å². The predicted octanol–water partition coefficient (Wildman–Crippen LogP) is 4.76. The first-order valence-electron chi connectivity index (χ1n) is 9.87. The maximum Gasteiger partial charge on any atom is 0.271 e. The monoisotopic (exact) mass is 449 g/mol. The van der Waals surface area contributed by atoms with Gasteiger partial charge in [-0.05, 0) is 62.7 Å². The van der Waals surface area contributed by atoms with Gasteiger partial charge in [0.2, 0.25) is 0 Å². The van der Waals surface area contributed by atoms with E-state index in [1.807, 2.05) is 19.1 Å². The van der Waals surface area contributed by atoms with Crippen molar-refractivity contribution < 1.29 is 13.9 Å². The Hall–Kier alpha value is -3.71. The Morgan fingerprint density at radius 1 is 1.22 bits per heavy atom. The standard InChI is InChI=1S/C24H20ClN3O4/c1-12-9-16(14(3)31-18-6-7-19(25)28-20(18)24(26)30)23-17(10-12)21(29)13(2)22(32-23)15-5-4-8-27-11-15/h4-11,14H,1-3H3,(H2,26,30)/t14-/m1/s1. The number of carbonyl (C=O) groups is 1. The van der Waals surface area contributed by atoms with Crippen LogP contribution in [0.3, 0.4) is 0 Å². The van der Waals surface area contributed by atoms with Crippen LogP contribution in [0.1, 0.15) is 40.2 Å². The minimum atomic E-state index is -0.759. The quantitative estimate of drug-likeness (QED) is 0.440. The summed E-state index contributed by atoms with van der Waals surface area (Å²) < 4.78 is 12.3. The molecule has 4 rings (SSSR count). The van der Waals surface area contributed by atoms with Crippen LogP contribution < -0.4 is 15.9 Å². The number of hydrogen-bond donors (Lipinski definition) is 1. The molecule has 162 valence electrons. The summed E-state index contributed by atoms with van der Waals surface area (Å²) in [6.07, 6.45) is 2.70. The third-order valence-corrected chi connectivity index (χ3v) is 5.33. The van der Waals surface area contributed by atoms with Crippen molar-refractivity contribution in [2.45, 2.75) is 26.9 Å². The van der Waals surface area contributed by atoms with Gasteiger partial charge in [-0.1, -0.05) is 11.6 Å². The van der Waals surface area contributed by atoms with Crippen LogP contribution in [0.5, 0.6) is 5.75 Å². The van der Waals surface area contributed by atoms with Crippen molar-refractivity contribution >= 4 is 28.5 Å². The Bertz CT molecular complexity index is 1400. The first-order chi connectivity index (χ1) is 15.3. The molecule has 0 saturated carbocycles. The number of aryl methyl sites for hydroxylation is 1. The minimum Gasteiger partial charge on any atom is -0.483 e. The van der Waals surface area contributed by atoms with Crippen molar-refractivity contribution in [2.24, 2.45) is 5.73 Å². The molecule has 1 amide bonds. The Labute approximate surface area is 188 Å². The van der Waals surface area contributed by atoms with Crippen LogP contribution in [-0.4, -0.2) is 15.9 Å². The van der Waals surface area contributed by atoms with E-state index in [-0.39, 0.29) is 22.0 Å². The number of halogens is 1. The largest absolute Gasteiger partial charge is 0.483 e. The van der Waals surface area contributed by atoms with Crippen molar-refractivity contribution in [3.8, 4) is 17.1 Å². The van der Waals surface area contributed by atoms with Gasteiger partial charge >= 0.3 is 0 Å². The smallest absolute Gasteiger partial charge is 0.271 e. The molecule has 1 atom stereocenters. The topological polar surface area (TPSA) is 108 Å². The van der Waals surface area contributed by atoms with Gasteiger partial charge in [0.1, 0.15) is 22.6 Å². The van der Waals surface area contributed by atoms with Crippen LogP contribution in [0.4, 0.5) is 0 Å². The molecule has 1 aromatic carbocycles. The van der Waals surface area contributed by atoms with Crippen LogP contribution in [-0.2, 0) is 0 Å². The Kier molecular flexibility index (Phi) is 5.67. The van der Waals surface area contributed by atoms with Crippen LogP contribution in [0, 0.1) is 13.8 Å². The molecule has 0 fully saturated rings. The molecule has 8 heteroatoms. The lowest BCUT2D eigenvalue weighted by Crippen LogP contribution is -2.17. The molecule has 0 saturated heterocycles. The number of primary amides is 1. The number of ether oxygens (including phenoxy) is 1. The highest BCUT2D eigenvalue weighted by atomic mass is 35.5. The fourth-order valence-corrected chi connectivity index (χ4v) is 3.74. The number of fused-ring (bicyclic) bond motifs is 1. The summed E-state index contributed by atoms with van der Waals surface area (Å²) >= 11 is 5.89. The highest BCUT2D eigenvalue weighted by molar-refractivity contribution is 6.29. The second-order valence-corrected chi connectivity index (χ2v) is 7.85. The first kappa shape index (κ1) is 21.5. The number of amides is 1. The van der Waals surface area contributed by atoms with Crippen molar-refractivity contribution in [2.75, 3.05) is 0 Å². The Morgan fingerprint density at radius 3 is 2.69 bits per heavy atom. The summed E-state index contributed by atoms with van der Waals surface area (Å²) in [5.74, 6) is -0.130. The highest BCUT2D eigenvalue weighted by Crippen LogP contribution is 2.33. The lowest BCUT2D eigenvalue weighted by atomic mass is 10.0. The molecule has 4 aromatic rings. The number of hydrogen-bond acceptors (Lipinski definition) is 6. The van der Waals surface area contributed by atoms with E-state index in [1.54, 1.807) is 38.4 Å². The molecule has 0 spiro atoms. The number of nitrogens with two attached hydrogens (primary N) is 1. The lowest BCUT2D eigenvalue weighted by Gasteiger charge is -2.19. The molecular weight excluding hydrogens is 430 g/mol. The van der Waals surface area contributed by atoms with Gasteiger partial charge in [0.15, 0.2) is 16.9 Å². The molecule has 32 heavy (non-hydrogen) atoms. The molecule has 0 bridgehead atoms. The first-order valence-corrected chi connectivity index (χ1v) is 10.3. The summed E-state index contributed by atoms with van der Waals surface area (Å²) in [4.78, 5) is 33.1. The van der Waals surface area contributed by atoms with Crippen LogP contribution in [0.15, 0.2) is 58.0 Å². The zero-order chi connectivity index (χ0) is 23.0. The average molecular weight is 450 g/mol. The van der Waals surface area contributed by atoms with E-state index < -0.39 is 12.0 Å². The number of nitrogens with zero attached hydrogens (tertiary/aromatic N) is 2. The molecule has 7 nitrogen and oxygen atoms in total. The second kappa shape index (κ2) is 8.43. The normalized spacial score (nSPS) is 12.0. The van der Waals surface area contributed by atoms with Crippen molar-refractivity contribution in [3.05, 3.63) is 86.6 Å². The lowest BCUT2D eigenvalue weighted by molar-refractivity contribution is 0.0988. The fraction of sp³-hybridized carbons (Fsp3) is 0.167. The average Bonchev–Trinajstić information content (AvgIpc) is 2.77. The number of aromatic nitrogens is 2. The van der Waals surface area contributed by atoms with E-state index in [0.29, 0.717) is 33.4 Å². The van der Waals surface area contributed by atoms with Gasteiger partial charge in [-0.3, -0.25) is 14.6 Å². The summed E-state index contributed by atoms with van der Waals surface area (Å²) in [7, 11) is 0. The Morgan fingerprint density at radius 2 is 2.00 bits per heavy atom. The van der Waals surface area contributed by atoms with Gasteiger partial charge in [-0.25, -0.2) is 4.98 Å². The molecule has 0 radical (unpaired) electrons. The molecule has 0 aliphatic carbocycles. The Balaban J connectivity index is 1.88. The molecule has 0 unspecified atom stereocenters. The summed E-state index contributed by atoms with van der Waals surface area (Å²) in [5.41, 5.74) is 8.33. The SMILES string of the molecule is Cc1cc([C@@H](C)Oc2ccc(Cl)nc2C(N)=O)c2oc(-c3cccnc3)c(C)c(=O)c2c1. The molecule has 2 N–H and O–H groups in total. The van der Waals surface area contributed by atoms with E-state index in [9.17, 15) is 9.59 Å². The van der Waals surface area contributed by atoms with Crippen LogP contribution in [0.25, 0.3) is 22.3 Å². The van der Waals surface area contributed by atoms with Gasteiger partial charge < -0.3 is 14.9 Å². The number of rotatable bonds is 5. The third-order valence-electron chi connectivity index (χ3n) is 5.12. The second-order valence-electron chi connectivity index (χ2n) is 7.46. The summed E-state index contributed by atoms with van der Waals surface area (Å²) in [5, 5.41) is 0.576. The van der Waals surface area contributed by atoms with Gasteiger partial charge in [0.25, 0.3) is 5.91 Å². The number of carbonyl (C=O) groups excluding carboxylic acids is 1. The summed E-state index contributed by atoms with van der Waals surface area (Å²) in [6, 6.07) is 10.3. The molecule has 3 aromatic heterocycles. The van der Waals surface area contributed by atoms with Gasteiger partial charge in [-0.2, -0.15) is 0 Å². The van der Waals surface area contributed by atoms with Crippen molar-refractivity contribution in [3.63, 3.8) is 0 Å². The predicted molar refractivity (Wildman–Crippen MR) is 122 cm³/mol. The van der Waals surface area contributed by atoms with Gasteiger partial charge in [0.05, 0.1) is 5.39 Å². The van der Waals surface area contributed by atoms with Crippen LogP contribution in [0.2, 0.25) is 5.15 Å². The molecular formula is C24H20ClN3O4. The molecule has 3 heterocycles. The summed E-state index contributed by atoms with van der Waals surface area (Å²) in [6.45, 7) is 5.41. The van der Waals surface area contributed by atoms with Crippen molar-refractivity contribution in [1.82, 2.24) is 9.97 Å². The third kappa shape index (κ3) is 3.94. The van der Waals surface area contributed by atoms with E-state index in [2.05, 4.69) is 9.97 Å². The van der Waals surface area contributed by atoms with Crippen molar-refractivity contribution in [1.29, 1.82) is 0 Å². The van der Waals surface area contributed by atoms with Gasteiger partial charge in [-0.15, -0.1) is 0 Å². The van der Waals surface area contributed by atoms with Crippen LogP contribution >= 0.6 is 11.6 Å². The maximum absolute atomic E-state index is 13.2. The fourth-order valence-electron chi connectivity index (χ4n) is 3.59. The number of benzene rings is 1. The van der Waals surface area contributed by atoms with Gasteiger partial charge in [0, 0.05) is 29.1 Å². The zero-order valence-corrected chi connectivity index (χ0v) is 18.4. The molecule has 0 aliphatic rings. The minimum absolute atomic E-state index is 0.0744. The number of pyridine rings is 2. The highest BCUT2D eigenvalue weighted by Gasteiger charge is 2.22. The zero-order valence-electron chi connectivity index (χ0n) is 17.7. The van der Waals surface area contributed by atoms with E-state index in [0.717, 1.165) is 5.56 Å². The molecule has 0 aliphatic heterocycles. The van der Waals surface area contributed by atoms with E-state index >= 15 is 0 Å². The van der Waals surface area contributed by atoms with E-state index in [4.69, 9.17) is 26.5 Å². The maximum atomic E-state index is 13.2.